The monoisotopic (exact) mass is 447 g/mol. The Morgan fingerprint density at radius 2 is 1.70 bits per heavy atom. The van der Waals surface area contributed by atoms with Gasteiger partial charge in [-0.1, -0.05) is 42.5 Å². The summed E-state index contributed by atoms with van der Waals surface area (Å²) < 4.78 is 16.6. The molecule has 0 bridgehead atoms. The first-order valence-corrected chi connectivity index (χ1v) is 11.2. The molecular weight excluding hydrogens is 421 g/mol. The van der Waals surface area contributed by atoms with Crippen LogP contribution in [0.1, 0.15) is 24.0 Å². The van der Waals surface area contributed by atoms with Gasteiger partial charge in [-0.05, 0) is 48.4 Å². The van der Waals surface area contributed by atoms with Crippen molar-refractivity contribution in [1.29, 1.82) is 0 Å². The number of aryl methyl sites for hydroxylation is 1. The van der Waals surface area contributed by atoms with Crippen molar-refractivity contribution in [3.05, 3.63) is 92.4 Å². The highest BCUT2D eigenvalue weighted by atomic mass is 19.1. The summed E-state index contributed by atoms with van der Waals surface area (Å²) in [5, 5.41) is 0. The molecule has 0 saturated carbocycles. The number of nitrogens with one attached hydrogen (secondary N) is 1. The van der Waals surface area contributed by atoms with Gasteiger partial charge < -0.3 is 4.90 Å². The second-order valence-corrected chi connectivity index (χ2v) is 8.74. The zero-order chi connectivity index (χ0) is 22.9. The molecule has 0 aliphatic carbocycles. The number of fused-ring (bicyclic) bond motifs is 1. The summed E-state index contributed by atoms with van der Waals surface area (Å²) >= 11 is 0. The van der Waals surface area contributed by atoms with E-state index in [1.807, 2.05) is 10.6 Å². The Bertz CT molecular complexity index is 1380. The van der Waals surface area contributed by atoms with Crippen LogP contribution in [0.5, 0.6) is 0 Å². The molecule has 3 heterocycles. The first-order chi connectivity index (χ1) is 16.0. The number of nitrogens with zero attached hydrogens (tertiary/aromatic N) is 4. The molecule has 1 saturated heterocycles. The van der Waals surface area contributed by atoms with Gasteiger partial charge in [-0.15, -0.1) is 0 Å². The topological polar surface area (TPSA) is 75.9 Å². The van der Waals surface area contributed by atoms with Gasteiger partial charge in [0.2, 0.25) is 5.95 Å². The Balaban J connectivity index is 1.47. The molecular formula is C25H26FN5O2. The molecule has 1 N–H and O–H groups in total. The van der Waals surface area contributed by atoms with Gasteiger partial charge in [0.15, 0.2) is 11.2 Å². The summed E-state index contributed by atoms with van der Waals surface area (Å²) in [5.41, 5.74) is 1.94. The minimum Gasteiger partial charge on any atom is -0.342 e. The Labute approximate surface area is 190 Å². The third-order valence-electron chi connectivity index (χ3n) is 6.51. The summed E-state index contributed by atoms with van der Waals surface area (Å²) in [5.74, 6) is 0.945. The predicted molar refractivity (Wildman–Crippen MR) is 126 cm³/mol. The van der Waals surface area contributed by atoms with E-state index in [1.54, 1.807) is 19.2 Å². The number of H-pyrrole nitrogens is 1. The Kier molecular flexibility index (Phi) is 5.58. The van der Waals surface area contributed by atoms with E-state index in [0.29, 0.717) is 29.6 Å². The summed E-state index contributed by atoms with van der Waals surface area (Å²) in [6.45, 7) is 1.99. The van der Waals surface area contributed by atoms with Crippen molar-refractivity contribution in [2.24, 2.45) is 13.0 Å². The quantitative estimate of drug-likeness (QED) is 0.510. The van der Waals surface area contributed by atoms with Gasteiger partial charge in [0.1, 0.15) is 5.82 Å². The number of hydrogen-bond donors (Lipinski definition) is 1. The number of rotatable bonds is 5. The van der Waals surface area contributed by atoms with Gasteiger partial charge in [-0.2, -0.15) is 4.98 Å². The SMILES string of the molecule is Cn1c(=O)[nH]c(=O)c2c1nc(N1CCC(Cc3ccccc3)CC1)n2Cc1ccc(F)cc1. The number of aromatic amines is 1. The average molecular weight is 448 g/mol. The number of imidazole rings is 1. The van der Waals surface area contributed by atoms with Crippen LogP contribution in [0, 0.1) is 11.7 Å². The number of hydrogen-bond acceptors (Lipinski definition) is 4. The van der Waals surface area contributed by atoms with Crippen LogP contribution in [0.2, 0.25) is 0 Å². The van der Waals surface area contributed by atoms with Crippen molar-refractivity contribution in [3.63, 3.8) is 0 Å². The van der Waals surface area contributed by atoms with E-state index in [0.717, 1.165) is 37.9 Å². The molecule has 1 aliphatic rings. The van der Waals surface area contributed by atoms with E-state index in [4.69, 9.17) is 4.98 Å². The third-order valence-corrected chi connectivity index (χ3v) is 6.51. The lowest BCUT2D eigenvalue weighted by Crippen LogP contribution is -2.36. The molecule has 0 atom stereocenters. The molecule has 0 amide bonds. The maximum atomic E-state index is 13.4. The minimum absolute atomic E-state index is 0.310. The lowest BCUT2D eigenvalue weighted by molar-refractivity contribution is 0.399. The van der Waals surface area contributed by atoms with Crippen molar-refractivity contribution >= 4 is 17.1 Å². The highest BCUT2D eigenvalue weighted by Gasteiger charge is 2.26. The van der Waals surface area contributed by atoms with Crippen LogP contribution in [0.4, 0.5) is 10.3 Å². The zero-order valence-electron chi connectivity index (χ0n) is 18.5. The van der Waals surface area contributed by atoms with E-state index >= 15 is 0 Å². The molecule has 33 heavy (non-hydrogen) atoms. The van der Waals surface area contributed by atoms with E-state index in [1.165, 1.54) is 22.3 Å². The fraction of sp³-hybridized carbons (Fsp3) is 0.320. The fourth-order valence-corrected chi connectivity index (χ4v) is 4.67. The standard InChI is InChI=1S/C25H26FN5O2/c1-29-22-21(23(32)28-25(29)33)31(16-19-7-9-20(26)10-8-19)24(27-22)30-13-11-18(12-14-30)15-17-5-3-2-4-6-17/h2-10,18H,11-16H2,1H3,(H,28,32,33). The summed E-state index contributed by atoms with van der Waals surface area (Å²) in [6, 6.07) is 16.7. The van der Waals surface area contributed by atoms with Crippen molar-refractivity contribution in [2.75, 3.05) is 18.0 Å². The molecule has 0 unspecified atom stereocenters. The first-order valence-electron chi connectivity index (χ1n) is 11.2. The molecule has 0 radical (unpaired) electrons. The summed E-state index contributed by atoms with van der Waals surface area (Å²) in [7, 11) is 1.60. The summed E-state index contributed by atoms with van der Waals surface area (Å²) in [4.78, 5) is 34.2. The van der Waals surface area contributed by atoms with Crippen molar-refractivity contribution in [1.82, 2.24) is 19.1 Å². The lowest BCUT2D eigenvalue weighted by atomic mass is 9.90. The van der Waals surface area contributed by atoms with E-state index in [2.05, 4.69) is 34.1 Å². The van der Waals surface area contributed by atoms with Gasteiger partial charge in [-0.3, -0.25) is 18.9 Å². The van der Waals surface area contributed by atoms with E-state index < -0.39 is 11.2 Å². The Hall–Kier alpha value is -3.68. The first kappa shape index (κ1) is 21.2. The van der Waals surface area contributed by atoms with Crippen molar-refractivity contribution in [2.45, 2.75) is 25.8 Å². The van der Waals surface area contributed by atoms with Gasteiger partial charge in [-0.25, -0.2) is 9.18 Å². The molecule has 2 aromatic carbocycles. The summed E-state index contributed by atoms with van der Waals surface area (Å²) in [6.07, 6.45) is 3.09. The average Bonchev–Trinajstić information content (AvgIpc) is 3.20. The van der Waals surface area contributed by atoms with E-state index in [9.17, 15) is 14.0 Å². The molecule has 7 nitrogen and oxygen atoms in total. The molecule has 4 aromatic rings. The van der Waals surface area contributed by atoms with Gasteiger partial charge in [0, 0.05) is 20.1 Å². The highest BCUT2D eigenvalue weighted by molar-refractivity contribution is 5.74. The lowest BCUT2D eigenvalue weighted by Gasteiger charge is -2.33. The smallest absolute Gasteiger partial charge is 0.329 e. The van der Waals surface area contributed by atoms with E-state index in [-0.39, 0.29) is 5.82 Å². The Morgan fingerprint density at radius 1 is 1.00 bits per heavy atom. The van der Waals surface area contributed by atoms with Gasteiger partial charge in [0.05, 0.1) is 6.54 Å². The molecule has 5 rings (SSSR count). The van der Waals surface area contributed by atoms with Gasteiger partial charge in [0.25, 0.3) is 5.56 Å². The molecule has 170 valence electrons. The fourth-order valence-electron chi connectivity index (χ4n) is 4.67. The molecule has 1 aliphatic heterocycles. The normalized spacial score (nSPS) is 14.8. The minimum atomic E-state index is -0.493. The Morgan fingerprint density at radius 3 is 2.39 bits per heavy atom. The second kappa shape index (κ2) is 8.69. The van der Waals surface area contributed by atoms with Crippen LogP contribution in [-0.2, 0) is 20.0 Å². The largest absolute Gasteiger partial charge is 0.342 e. The maximum Gasteiger partial charge on any atom is 0.329 e. The van der Waals surface area contributed by atoms with Crippen LogP contribution in [0.3, 0.4) is 0 Å². The van der Waals surface area contributed by atoms with Crippen LogP contribution < -0.4 is 16.1 Å². The van der Waals surface area contributed by atoms with Gasteiger partial charge >= 0.3 is 5.69 Å². The number of halogens is 1. The maximum absolute atomic E-state index is 13.4. The van der Waals surface area contributed by atoms with Crippen molar-refractivity contribution in [3.8, 4) is 0 Å². The molecule has 2 aromatic heterocycles. The number of aromatic nitrogens is 4. The number of benzene rings is 2. The number of anilines is 1. The van der Waals surface area contributed by atoms with Crippen LogP contribution in [0.15, 0.2) is 64.2 Å². The van der Waals surface area contributed by atoms with Crippen LogP contribution in [-0.4, -0.2) is 32.2 Å². The predicted octanol–water partition coefficient (Wildman–Crippen LogP) is 3.07. The number of piperidine rings is 1. The molecule has 8 heteroatoms. The van der Waals surface area contributed by atoms with Crippen LogP contribution >= 0.6 is 0 Å². The molecule has 0 spiro atoms. The third kappa shape index (κ3) is 4.20. The second-order valence-electron chi connectivity index (χ2n) is 8.74. The highest BCUT2D eigenvalue weighted by Crippen LogP contribution is 2.28. The van der Waals surface area contributed by atoms with Crippen LogP contribution in [0.25, 0.3) is 11.2 Å². The molecule has 1 fully saturated rings. The van der Waals surface area contributed by atoms with Crippen molar-refractivity contribution < 1.29 is 4.39 Å². The zero-order valence-corrected chi connectivity index (χ0v) is 18.5.